The first kappa shape index (κ1) is 22.0. The number of likely N-dealkylation sites (N-methyl/N-ethyl adjacent to an activating group) is 1. The van der Waals surface area contributed by atoms with E-state index in [0.717, 1.165) is 22.5 Å². The van der Waals surface area contributed by atoms with E-state index in [0.29, 0.717) is 11.7 Å². The summed E-state index contributed by atoms with van der Waals surface area (Å²) in [6, 6.07) is 5.92. The van der Waals surface area contributed by atoms with Crippen molar-refractivity contribution in [2.24, 2.45) is 0 Å². The van der Waals surface area contributed by atoms with Crippen molar-refractivity contribution in [2.45, 2.75) is 53.6 Å². The summed E-state index contributed by atoms with van der Waals surface area (Å²) in [6.07, 6.45) is 0. The first-order valence-electron chi connectivity index (χ1n) is 9.29. The zero-order valence-electron chi connectivity index (χ0n) is 17.8. The van der Waals surface area contributed by atoms with Gasteiger partial charge < -0.3 is 5.32 Å². The third-order valence-electron chi connectivity index (χ3n) is 4.22. The highest BCUT2D eigenvalue weighted by Crippen LogP contribution is 2.32. The van der Waals surface area contributed by atoms with Crippen LogP contribution in [0.4, 0.5) is 10.8 Å². The van der Waals surface area contributed by atoms with E-state index >= 15 is 0 Å². The molecule has 1 aromatic heterocycles. The second kappa shape index (κ2) is 8.84. The lowest BCUT2D eigenvalue weighted by atomic mass is 10.1. The topological polar surface area (TPSA) is 65.5 Å². The molecule has 1 N–H and O–H groups in total. The van der Waals surface area contributed by atoms with Crippen LogP contribution < -0.4 is 10.2 Å². The van der Waals surface area contributed by atoms with Crippen LogP contribution >= 0.6 is 11.3 Å². The van der Waals surface area contributed by atoms with Gasteiger partial charge in [-0.3, -0.25) is 19.4 Å². The fourth-order valence-electron chi connectivity index (χ4n) is 2.89. The molecule has 0 aliphatic rings. The third kappa shape index (κ3) is 5.87. The van der Waals surface area contributed by atoms with Crippen molar-refractivity contribution in [3.8, 4) is 0 Å². The van der Waals surface area contributed by atoms with Crippen molar-refractivity contribution in [2.75, 3.05) is 18.5 Å². The maximum Gasteiger partial charge on any atom is 0.234 e. The first-order chi connectivity index (χ1) is 13.0. The number of benzene rings is 1. The molecule has 6 nitrogen and oxygen atoms in total. The summed E-state index contributed by atoms with van der Waals surface area (Å²) in [4.78, 5) is 32.7. The molecule has 0 radical (unpaired) electrons. The summed E-state index contributed by atoms with van der Waals surface area (Å²) in [5, 5.41) is 5.54. The van der Waals surface area contributed by atoms with Crippen molar-refractivity contribution in [3.05, 3.63) is 40.4 Å². The van der Waals surface area contributed by atoms with E-state index < -0.39 is 0 Å². The molecule has 0 aliphatic carbocycles. The highest BCUT2D eigenvalue weighted by molar-refractivity contribution is 7.14. The van der Waals surface area contributed by atoms with Crippen LogP contribution in [0.1, 0.15) is 44.5 Å². The monoisotopic (exact) mass is 402 g/mol. The van der Waals surface area contributed by atoms with Crippen molar-refractivity contribution < 1.29 is 9.59 Å². The minimum Gasteiger partial charge on any atom is -0.350 e. The number of aryl methyl sites for hydroxylation is 1. The summed E-state index contributed by atoms with van der Waals surface area (Å²) < 4.78 is 0. The quantitative estimate of drug-likeness (QED) is 0.798. The summed E-state index contributed by atoms with van der Waals surface area (Å²) in [5.41, 5.74) is 3.63. The Hall–Kier alpha value is -2.25. The number of rotatable bonds is 6. The number of hydrogen-bond donors (Lipinski definition) is 1. The molecule has 2 rings (SSSR count). The Labute approximate surface area is 171 Å². The number of anilines is 2. The average molecular weight is 403 g/mol. The maximum absolute atomic E-state index is 12.3. The van der Waals surface area contributed by atoms with E-state index in [2.05, 4.69) is 10.3 Å². The number of thiazole rings is 1. The van der Waals surface area contributed by atoms with Gasteiger partial charge in [-0.05, 0) is 58.9 Å². The van der Waals surface area contributed by atoms with Crippen molar-refractivity contribution in [1.82, 2.24) is 15.2 Å². The average Bonchev–Trinajstić information content (AvgIpc) is 2.97. The van der Waals surface area contributed by atoms with Crippen LogP contribution in [0.2, 0.25) is 0 Å². The van der Waals surface area contributed by atoms with Gasteiger partial charge in [-0.1, -0.05) is 12.1 Å². The van der Waals surface area contributed by atoms with Crippen LogP contribution in [-0.4, -0.2) is 40.8 Å². The fourth-order valence-corrected chi connectivity index (χ4v) is 3.76. The number of carbonyl (C=O) groups is 2. The van der Waals surface area contributed by atoms with E-state index in [1.165, 1.54) is 11.3 Å². The Balaban J connectivity index is 2.14. The summed E-state index contributed by atoms with van der Waals surface area (Å²) in [6.45, 7) is 12.3. The molecule has 2 amide bonds. The van der Waals surface area contributed by atoms with Gasteiger partial charge in [-0.15, -0.1) is 11.3 Å². The van der Waals surface area contributed by atoms with Crippen LogP contribution in [0, 0.1) is 13.8 Å². The van der Waals surface area contributed by atoms with Crippen LogP contribution in [-0.2, 0) is 16.1 Å². The van der Waals surface area contributed by atoms with E-state index in [9.17, 15) is 9.59 Å². The second-order valence-corrected chi connectivity index (χ2v) is 9.00. The zero-order valence-corrected chi connectivity index (χ0v) is 18.6. The predicted molar refractivity (Wildman–Crippen MR) is 115 cm³/mol. The first-order valence-corrected chi connectivity index (χ1v) is 10.2. The highest BCUT2D eigenvalue weighted by Gasteiger charge is 2.21. The number of nitrogens with zero attached hydrogens (tertiary/aromatic N) is 3. The van der Waals surface area contributed by atoms with Gasteiger partial charge in [-0.25, -0.2) is 4.98 Å². The predicted octanol–water partition coefficient (Wildman–Crippen LogP) is 3.79. The molecular weight excluding hydrogens is 372 g/mol. The minimum absolute atomic E-state index is 0.0220. The molecule has 0 saturated carbocycles. The lowest BCUT2D eigenvalue weighted by Crippen LogP contribution is -2.45. The van der Waals surface area contributed by atoms with Crippen molar-refractivity contribution >= 4 is 34.0 Å². The Morgan fingerprint density at radius 3 is 2.50 bits per heavy atom. The van der Waals surface area contributed by atoms with Gasteiger partial charge in [-0.2, -0.15) is 0 Å². The molecule has 0 bridgehead atoms. The fraction of sp³-hybridized carbons (Fsp3) is 0.476. The van der Waals surface area contributed by atoms with E-state index in [4.69, 9.17) is 0 Å². The van der Waals surface area contributed by atoms with Gasteiger partial charge >= 0.3 is 0 Å². The largest absolute Gasteiger partial charge is 0.350 e. The van der Waals surface area contributed by atoms with Crippen LogP contribution in [0.15, 0.2) is 23.6 Å². The number of nitrogens with one attached hydrogen (secondary N) is 1. The maximum atomic E-state index is 12.3. The standard InChI is InChI=1S/C21H30N4O2S/c1-14-9-8-10-18(15(14)2)25(16(3)26)20-22-17(13-28-20)11-24(7)12-19(27)23-21(4,5)6/h8-10,13H,11-12H2,1-7H3,(H,23,27). The molecule has 0 unspecified atom stereocenters. The minimum atomic E-state index is -0.251. The molecule has 1 aromatic carbocycles. The molecule has 0 aliphatic heterocycles. The van der Waals surface area contributed by atoms with Gasteiger partial charge in [0.25, 0.3) is 0 Å². The van der Waals surface area contributed by atoms with E-state index in [1.807, 2.05) is 70.1 Å². The second-order valence-electron chi connectivity index (χ2n) is 8.17. The molecule has 1 heterocycles. The van der Waals surface area contributed by atoms with Crippen LogP contribution in [0.25, 0.3) is 0 Å². The number of carbonyl (C=O) groups excluding carboxylic acids is 2. The van der Waals surface area contributed by atoms with Crippen molar-refractivity contribution in [1.29, 1.82) is 0 Å². The van der Waals surface area contributed by atoms with Crippen LogP contribution in [0.3, 0.4) is 0 Å². The Morgan fingerprint density at radius 2 is 1.89 bits per heavy atom. The highest BCUT2D eigenvalue weighted by atomic mass is 32.1. The molecule has 0 atom stereocenters. The van der Waals surface area contributed by atoms with Gasteiger partial charge in [0.05, 0.1) is 17.9 Å². The molecule has 152 valence electrons. The normalized spacial score (nSPS) is 11.6. The molecular formula is C21H30N4O2S. The van der Waals surface area contributed by atoms with Gasteiger partial charge in [0, 0.05) is 24.4 Å². The molecule has 7 heteroatoms. The molecule has 0 spiro atoms. The molecule has 2 aromatic rings. The summed E-state index contributed by atoms with van der Waals surface area (Å²) >= 11 is 1.43. The third-order valence-corrected chi connectivity index (χ3v) is 5.10. The Morgan fingerprint density at radius 1 is 1.21 bits per heavy atom. The Bertz CT molecular complexity index is 854. The van der Waals surface area contributed by atoms with Gasteiger partial charge in [0.2, 0.25) is 11.8 Å². The molecule has 28 heavy (non-hydrogen) atoms. The smallest absolute Gasteiger partial charge is 0.234 e. The van der Waals surface area contributed by atoms with Gasteiger partial charge in [0.1, 0.15) is 0 Å². The van der Waals surface area contributed by atoms with E-state index in [-0.39, 0.29) is 23.9 Å². The lowest BCUT2D eigenvalue weighted by molar-refractivity contribution is -0.123. The van der Waals surface area contributed by atoms with E-state index in [1.54, 1.807) is 11.8 Å². The number of aromatic nitrogens is 1. The van der Waals surface area contributed by atoms with Crippen molar-refractivity contribution in [3.63, 3.8) is 0 Å². The number of amides is 2. The molecule has 0 fully saturated rings. The lowest BCUT2D eigenvalue weighted by Gasteiger charge is -2.23. The van der Waals surface area contributed by atoms with Gasteiger partial charge in [0.15, 0.2) is 5.13 Å². The Kier molecular flexibility index (Phi) is 6.96. The summed E-state index contributed by atoms with van der Waals surface area (Å²) in [5.74, 6) is -0.0984. The number of hydrogen-bond acceptors (Lipinski definition) is 5. The molecule has 0 saturated heterocycles. The zero-order chi connectivity index (χ0) is 21.1. The SMILES string of the molecule is CC(=O)N(c1nc(CN(C)CC(=O)NC(C)(C)C)cs1)c1cccc(C)c1C. The van der Waals surface area contributed by atoms with Crippen LogP contribution in [0.5, 0.6) is 0 Å². The summed E-state index contributed by atoms with van der Waals surface area (Å²) in [7, 11) is 1.88.